The maximum Gasteiger partial charge on any atom is 0.222 e. The Bertz CT molecular complexity index is 669. The molecule has 0 aliphatic carbocycles. The third kappa shape index (κ3) is 2.11. The van der Waals surface area contributed by atoms with Gasteiger partial charge in [0.1, 0.15) is 15.8 Å². The fraction of sp³-hybridized carbons (Fsp3) is 0.500. The number of amides is 1. The second-order valence-corrected chi connectivity index (χ2v) is 5.85. The van der Waals surface area contributed by atoms with Crippen LogP contribution in [-0.2, 0) is 4.79 Å². The van der Waals surface area contributed by atoms with Gasteiger partial charge in [-0.15, -0.1) is 0 Å². The molecule has 0 radical (unpaired) electrons. The second-order valence-electron chi connectivity index (χ2n) is 4.83. The number of aromatic nitrogens is 4. The molecule has 0 spiro atoms. The van der Waals surface area contributed by atoms with Crippen LogP contribution in [0, 0.1) is 3.70 Å². The number of nitrogen functional groups attached to an aromatic ring is 1. The minimum Gasteiger partial charge on any atom is -0.383 e. The van der Waals surface area contributed by atoms with E-state index in [0.717, 1.165) is 27.7 Å². The molecule has 1 fully saturated rings. The summed E-state index contributed by atoms with van der Waals surface area (Å²) in [6.45, 7) is 3.34. The third-order valence-electron chi connectivity index (χ3n) is 3.64. The first-order valence-electron chi connectivity index (χ1n) is 6.53. The quantitative estimate of drug-likeness (QED) is 0.784. The summed E-state index contributed by atoms with van der Waals surface area (Å²) in [6, 6.07) is 0.158. The molecule has 7 nitrogen and oxygen atoms in total. The van der Waals surface area contributed by atoms with E-state index in [2.05, 4.69) is 37.7 Å². The Morgan fingerprint density at radius 2 is 2.35 bits per heavy atom. The SMILES string of the molecule is CCC(=O)N1CC[C@@H](n2nc(I)c3c(N)ncnc32)C1. The molecular formula is C12H15IN6O. The molecule has 0 unspecified atom stereocenters. The van der Waals surface area contributed by atoms with Crippen LogP contribution in [0.15, 0.2) is 6.33 Å². The first-order chi connectivity index (χ1) is 9.61. The molecule has 3 rings (SSSR count). The number of hydrogen-bond donors (Lipinski definition) is 1. The number of hydrogen-bond acceptors (Lipinski definition) is 5. The summed E-state index contributed by atoms with van der Waals surface area (Å²) in [6.07, 6.45) is 2.89. The Balaban J connectivity index is 1.96. The van der Waals surface area contributed by atoms with E-state index < -0.39 is 0 Å². The van der Waals surface area contributed by atoms with Gasteiger partial charge >= 0.3 is 0 Å². The zero-order valence-electron chi connectivity index (χ0n) is 11.1. The van der Waals surface area contributed by atoms with Gasteiger partial charge in [-0.2, -0.15) is 5.10 Å². The first kappa shape index (κ1) is 13.5. The van der Waals surface area contributed by atoms with Crippen molar-refractivity contribution in [3.63, 3.8) is 0 Å². The molecule has 2 N–H and O–H groups in total. The molecule has 1 saturated heterocycles. The summed E-state index contributed by atoms with van der Waals surface area (Å²) >= 11 is 2.14. The molecule has 0 aromatic carbocycles. The average Bonchev–Trinajstić information content (AvgIpc) is 3.04. The van der Waals surface area contributed by atoms with Gasteiger partial charge in [0.15, 0.2) is 5.65 Å². The minimum absolute atomic E-state index is 0.158. The summed E-state index contributed by atoms with van der Waals surface area (Å²) in [5.41, 5.74) is 6.64. The van der Waals surface area contributed by atoms with Crippen LogP contribution in [-0.4, -0.2) is 43.6 Å². The number of likely N-dealkylation sites (tertiary alicyclic amines) is 1. The highest BCUT2D eigenvalue weighted by Crippen LogP contribution is 2.29. The zero-order valence-corrected chi connectivity index (χ0v) is 13.2. The van der Waals surface area contributed by atoms with Crippen molar-refractivity contribution in [3.05, 3.63) is 10.0 Å². The standard InChI is InChI=1S/C12H15IN6O/c1-2-8(20)18-4-3-7(5-18)19-12-9(10(13)17-19)11(14)15-6-16-12/h6-7H,2-5H2,1H3,(H2,14,15,16)/t7-/m1/s1. The lowest BCUT2D eigenvalue weighted by Crippen LogP contribution is -2.28. The van der Waals surface area contributed by atoms with Crippen molar-refractivity contribution >= 4 is 45.3 Å². The summed E-state index contributed by atoms with van der Waals surface area (Å²) in [4.78, 5) is 22.0. The predicted molar refractivity (Wildman–Crippen MR) is 83.0 cm³/mol. The molecule has 1 atom stereocenters. The van der Waals surface area contributed by atoms with Crippen molar-refractivity contribution in [3.8, 4) is 0 Å². The van der Waals surface area contributed by atoms with Crippen LogP contribution < -0.4 is 5.73 Å². The summed E-state index contributed by atoms with van der Waals surface area (Å²) < 4.78 is 2.69. The van der Waals surface area contributed by atoms with Crippen LogP contribution in [0.25, 0.3) is 11.0 Å². The van der Waals surface area contributed by atoms with Crippen molar-refractivity contribution in [1.82, 2.24) is 24.6 Å². The maximum absolute atomic E-state index is 11.8. The fourth-order valence-corrected chi connectivity index (χ4v) is 3.35. The Morgan fingerprint density at radius 1 is 1.55 bits per heavy atom. The van der Waals surface area contributed by atoms with Crippen molar-refractivity contribution < 1.29 is 4.79 Å². The highest BCUT2D eigenvalue weighted by molar-refractivity contribution is 14.1. The monoisotopic (exact) mass is 386 g/mol. The Labute approximate surface area is 129 Å². The molecule has 8 heteroatoms. The smallest absolute Gasteiger partial charge is 0.222 e. The number of fused-ring (bicyclic) bond motifs is 1. The van der Waals surface area contributed by atoms with Gasteiger partial charge in [0.05, 0.1) is 11.4 Å². The Kier molecular flexibility index (Phi) is 3.48. The largest absolute Gasteiger partial charge is 0.383 e. The average molecular weight is 386 g/mol. The van der Waals surface area contributed by atoms with Gasteiger partial charge < -0.3 is 10.6 Å². The van der Waals surface area contributed by atoms with E-state index in [9.17, 15) is 4.79 Å². The van der Waals surface area contributed by atoms with E-state index in [1.807, 2.05) is 16.5 Å². The van der Waals surface area contributed by atoms with E-state index in [4.69, 9.17) is 5.73 Å². The second kappa shape index (κ2) is 5.15. The molecule has 1 amide bonds. The highest BCUT2D eigenvalue weighted by Gasteiger charge is 2.29. The Hall–Kier alpha value is -1.45. The van der Waals surface area contributed by atoms with Gasteiger partial charge in [-0.3, -0.25) is 4.79 Å². The van der Waals surface area contributed by atoms with Gasteiger partial charge in [0.25, 0.3) is 0 Å². The lowest BCUT2D eigenvalue weighted by molar-refractivity contribution is -0.129. The number of carbonyl (C=O) groups excluding carboxylic acids is 1. The molecule has 20 heavy (non-hydrogen) atoms. The number of halogens is 1. The molecule has 1 aliphatic rings. The Morgan fingerprint density at radius 3 is 3.10 bits per heavy atom. The molecule has 2 aromatic heterocycles. The molecular weight excluding hydrogens is 371 g/mol. The zero-order chi connectivity index (χ0) is 14.3. The van der Waals surface area contributed by atoms with Crippen molar-refractivity contribution in [1.29, 1.82) is 0 Å². The van der Waals surface area contributed by atoms with Crippen molar-refractivity contribution in [2.45, 2.75) is 25.8 Å². The topological polar surface area (TPSA) is 89.9 Å². The van der Waals surface area contributed by atoms with Crippen LogP contribution in [0.4, 0.5) is 5.82 Å². The van der Waals surface area contributed by atoms with Crippen LogP contribution in [0.2, 0.25) is 0 Å². The number of rotatable bonds is 2. The normalized spacial score (nSPS) is 18.9. The van der Waals surface area contributed by atoms with E-state index in [-0.39, 0.29) is 11.9 Å². The van der Waals surface area contributed by atoms with Gasteiger partial charge in [-0.25, -0.2) is 14.6 Å². The number of nitrogens with two attached hydrogens (primary N) is 1. The van der Waals surface area contributed by atoms with Gasteiger partial charge in [0.2, 0.25) is 5.91 Å². The van der Waals surface area contributed by atoms with E-state index >= 15 is 0 Å². The van der Waals surface area contributed by atoms with Gasteiger partial charge in [0, 0.05) is 19.5 Å². The molecule has 3 heterocycles. The van der Waals surface area contributed by atoms with Crippen LogP contribution >= 0.6 is 22.6 Å². The van der Waals surface area contributed by atoms with E-state index in [0.29, 0.717) is 18.8 Å². The number of nitrogens with zero attached hydrogens (tertiary/aromatic N) is 5. The van der Waals surface area contributed by atoms with E-state index in [1.54, 1.807) is 0 Å². The van der Waals surface area contributed by atoms with E-state index in [1.165, 1.54) is 6.33 Å². The molecule has 106 valence electrons. The lowest BCUT2D eigenvalue weighted by Gasteiger charge is -2.15. The molecule has 0 saturated carbocycles. The number of carbonyl (C=O) groups is 1. The molecule has 2 aromatic rings. The third-order valence-corrected chi connectivity index (χ3v) is 4.39. The highest BCUT2D eigenvalue weighted by atomic mass is 127. The minimum atomic E-state index is 0.158. The van der Waals surface area contributed by atoms with Crippen LogP contribution in [0.5, 0.6) is 0 Å². The fourth-order valence-electron chi connectivity index (χ4n) is 2.60. The maximum atomic E-state index is 11.8. The molecule has 1 aliphatic heterocycles. The lowest BCUT2D eigenvalue weighted by atomic mass is 10.2. The summed E-state index contributed by atoms with van der Waals surface area (Å²) in [5.74, 6) is 0.637. The van der Waals surface area contributed by atoms with Crippen LogP contribution in [0.1, 0.15) is 25.8 Å². The molecule has 0 bridgehead atoms. The van der Waals surface area contributed by atoms with Gasteiger partial charge in [-0.1, -0.05) is 6.92 Å². The van der Waals surface area contributed by atoms with Crippen molar-refractivity contribution in [2.24, 2.45) is 0 Å². The predicted octanol–water partition coefficient (Wildman–Crippen LogP) is 1.20. The van der Waals surface area contributed by atoms with Gasteiger partial charge in [-0.05, 0) is 29.0 Å². The van der Waals surface area contributed by atoms with Crippen molar-refractivity contribution in [2.75, 3.05) is 18.8 Å². The van der Waals surface area contributed by atoms with Crippen LogP contribution in [0.3, 0.4) is 0 Å². The summed E-state index contributed by atoms with van der Waals surface area (Å²) in [7, 11) is 0. The first-order valence-corrected chi connectivity index (χ1v) is 7.61. The number of anilines is 1. The summed E-state index contributed by atoms with van der Waals surface area (Å²) in [5, 5.41) is 5.33.